The van der Waals surface area contributed by atoms with E-state index in [4.69, 9.17) is 0 Å². The van der Waals surface area contributed by atoms with Crippen molar-refractivity contribution in [3.8, 4) is 0 Å². The highest BCUT2D eigenvalue weighted by Crippen LogP contribution is 2.21. The molecular formula is C16H17OS2+. The Bertz CT molecular complexity index is 583. The Labute approximate surface area is 121 Å². The molecule has 0 saturated carbocycles. The summed E-state index contributed by atoms with van der Waals surface area (Å²) < 4.78 is 0. The van der Waals surface area contributed by atoms with E-state index < -0.39 is 0 Å². The highest BCUT2D eigenvalue weighted by atomic mass is 32.2. The van der Waals surface area contributed by atoms with Gasteiger partial charge in [-0.25, -0.2) is 0 Å². The van der Waals surface area contributed by atoms with Crippen LogP contribution in [-0.4, -0.2) is 34.5 Å². The number of hydrogen-bond acceptors (Lipinski definition) is 2. The fourth-order valence-electron chi connectivity index (χ4n) is 2.43. The first-order chi connectivity index (χ1) is 9.34. The molecule has 3 rings (SSSR count). The van der Waals surface area contributed by atoms with E-state index in [0.717, 1.165) is 22.1 Å². The minimum Gasteiger partial charge on any atom is -0.289 e. The standard InChI is InChI=1S/C16H17OS2/c17-16(12-19-10-8-18-9-11-19)15-7-3-5-13-4-1-2-6-14(13)15/h1-7H,8-12H2/q+1. The van der Waals surface area contributed by atoms with Crippen molar-refractivity contribution in [2.75, 3.05) is 28.8 Å². The maximum absolute atomic E-state index is 12.5. The minimum atomic E-state index is 0.311. The van der Waals surface area contributed by atoms with E-state index in [9.17, 15) is 4.79 Å². The zero-order valence-electron chi connectivity index (χ0n) is 10.8. The Kier molecular flexibility index (Phi) is 4.14. The van der Waals surface area contributed by atoms with Crippen LogP contribution in [0.15, 0.2) is 42.5 Å². The number of Topliss-reactive ketones (excluding diaryl/α,β-unsaturated/α-hetero) is 1. The molecule has 0 radical (unpaired) electrons. The van der Waals surface area contributed by atoms with Crippen molar-refractivity contribution in [2.45, 2.75) is 0 Å². The molecule has 0 amide bonds. The summed E-state index contributed by atoms with van der Waals surface area (Å²) in [5.74, 6) is 5.97. The lowest BCUT2D eigenvalue weighted by Gasteiger charge is -2.13. The van der Waals surface area contributed by atoms with Gasteiger partial charge in [0.1, 0.15) is 11.5 Å². The molecule has 0 atom stereocenters. The normalized spacial score (nSPS) is 16.6. The molecule has 3 heteroatoms. The molecule has 0 bridgehead atoms. The van der Waals surface area contributed by atoms with Gasteiger partial charge in [-0.05, 0) is 21.7 Å². The first-order valence-corrected chi connectivity index (χ1v) is 9.46. The summed E-state index contributed by atoms with van der Waals surface area (Å²) in [5, 5.41) is 2.26. The molecule has 19 heavy (non-hydrogen) atoms. The van der Waals surface area contributed by atoms with Gasteiger partial charge in [0.25, 0.3) is 0 Å². The zero-order chi connectivity index (χ0) is 13.1. The number of rotatable bonds is 3. The largest absolute Gasteiger partial charge is 0.289 e. The Hall–Kier alpha value is -0.930. The summed E-state index contributed by atoms with van der Waals surface area (Å²) in [5.41, 5.74) is 0.906. The summed E-state index contributed by atoms with van der Waals surface area (Å²) in [6.45, 7) is 0. The van der Waals surface area contributed by atoms with Crippen molar-refractivity contribution in [1.29, 1.82) is 0 Å². The van der Waals surface area contributed by atoms with Crippen LogP contribution in [0, 0.1) is 0 Å². The van der Waals surface area contributed by atoms with Crippen LogP contribution in [0.25, 0.3) is 10.8 Å². The first-order valence-electron chi connectivity index (χ1n) is 6.57. The molecule has 2 aromatic rings. The summed E-state index contributed by atoms with van der Waals surface area (Å²) in [4.78, 5) is 12.5. The summed E-state index contributed by atoms with van der Waals surface area (Å²) in [6, 6.07) is 14.2. The third-order valence-corrected chi connectivity index (χ3v) is 7.19. The summed E-state index contributed by atoms with van der Waals surface area (Å²) in [6.07, 6.45) is 0. The number of carbonyl (C=O) groups is 1. The molecule has 2 aromatic carbocycles. The lowest BCUT2D eigenvalue weighted by Crippen LogP contribution is -2.28. The predicted octanol–water partition coefficient (Wildman–Crippen LogP) is 3.39. The van der Waals surface area contributed by atoms with E-state index in [1.807, 2.05) is 36.0 Å². The van der Waals surface area contributed by atoms with Gasteiger partial charge in [-0.3, -0.25) is 4.79 Å². The Morgan fingerprint density at radius 1 is 1.05 bits per heavy atom. The molecule has 1 nitrogen and oxygen atoms in total. The van der Waals surface area contributed by atoms with Crippen molar-refractivity contribution in [1.82, 2.24) is 0 Å². The van der Waals surface area contributed by atoms with E-state index in [2.05, 4.69) is 18.2 Å². The predicted molar refractivity (Wildman–Crippen MR) is 87.6 cm³/mol. The molecule has 0 N–H and O–H groups in total. The average molecular weight is 289 g/mol. The molecule has 1 fully saturated rings. The second-order valence-corrected chi connectivity index (χ2v) is 8.28. The Balaban J connectivity index is 1.85. The van der Waals surface area contributed by atoms with Crippen LogP contribution in [0.1, 0.15) is 10.4 Å². The van der Waals surface area contributed by atoms with Crippen LogP contribution in [0.4, 0.5) is 0 Å². The van der Waals surface area contributed by atoms with Crippen molar-refractivity contribution in [3.05, 3.63) is 48.0 Å². The fourth-order valence-corrected chi connectivity index (χ4v) is 6.49. The Morgan fingerprint density at radius 2 is 1.79 bits per heavy atom. The maximum Gasteiger partial charge on any atom is 0.212 e. The molecule has 1 heterocycles. The van der Waals surface area contributed by atoms with Gasteiger partial charge in [0.15, 0.2) is 5.75 Å². The topological polar surface area (TPSA) is 17.1 Å². The van der Waals surface area contributed by atoms with Gasteiger partial charge in [0.2, 0.25) is 5.78 Å². The van der Waals surface area contributed by atoms with E-state index in [-0.39, 0.29) is 0 Å². The number of benzene rings is 2. The van der Waals surface area contributed by atoms with E-state index in [1.54, 1.807) is 0 Å². The zero-order valence-corrected chi connectivity index (χ0v) is 12.4. The van der Waals surface area contributed by atoms with Crippen LogP contribution in [0.3, 0.4) is 0 Å². The molecule has 0 aromatic heterocycles. The molecule has 0 spiro atoms. The lowest BCUT2D eigenvalue weighted by atomic mass is 10.0. The monoisotopic (exact) mass is 289 g/mol. The van der Waals surface area contributed by atoms with E-state index >= 15 is 0 Å². The van der Waals surface area contributed by atoms with Gasteiger partial charge in [-0.15, -0.1) is 0 Å². The maximum atomic E-state index is 12.5. The smallest absolute Gasteiger partial charge is 0.212 e. The van der Waals surface area contributed by atoms with Gasteiger partial charge in [-0.1, -0.05) is 42.5 Å². The number of ketones is 1. The third kappa shape index (κ3) is 2.98. The molecule has 1 saturated heterocycles. The second kappa shape index (κ2) is 6.02. The third-order valence-electron chi connectivity index (χ3n) is 3.46. The molecule has 0 unspecified atom stereocenters. The molecular weight excluding hydrogens is 272 g/mol. The van der Waals surface area contributed by atoms with Crippen molar-refractivity contribution >= 4 is 39.2 Å². The van der Waals surface area contributed by atoms with Gasteiger partial charge >= 0.3 is 0 Å². The van der Waals surface area contributed by atoms with Crippen LogP contribution < -0.4 is 0 Å². The van der Waals surface area contributed by atoms with Gasteiger partial charge < -0.3 is 0 Å². The number of fused-ring (bicyclic) bond motifs is 1. The highest BCUT2D eigenvalue weighted by molar-refractivity contribution is 8.05. The minimum absolute atomic E-state index is 0.311. The lowest BCUT2D eigenvalue weighted by molar-refractivity contribution is 0.102. The SMILES string of the molecule is O=C(C[S+]1CCSCC1)c1cccc2ccccc12. The van der Waals surface area contributed by atoms with Crippen molar-refractivity contribution < 1.29 is 4.79 Å². The van der Waals surface area contributed by atoms with Crippen LogP contribution >= 0.6 is 11.8 Å². The van der Waals surface area contributed by atoms with Gasteiger partial charge in [-0.2, -0.15) is 11.8 Å². The van der Waals surface area contributed by atoms with Crippen LogP contribution in [0.5, 0.6) is 0 Å². The van der Waals surface area contributed by atoms with Gasteiger partial charge in [0.05, 0.1) is 0 Å². The number of thioether (sulfide) groups is 1. The molecule has 1 aliphatic heterocycles. The number of hydrogen-bond donors (Lipinski definition) is 0. The molecule has 0 aliphatic carbocycles. The second-order valence-electron chi connectivity index (χ2n) is 4.73. The summed E-state index contributed by atoms with van der Waals surface area (Å²) in [7, 11) is 0.311. The van der Waals surface area contributed by atoms with Gasteiger partial charge in [0, 0.05) is 17.1 Å². The van der Waals surface area contributed by atoms with E-state index in [1.165, 1.54) is 23.0 Å². The number of carbonyl (C=O) groups excluding carboxylic acids is 1. The van der Waals surface area contributed by atoms with E-state index in [0.29, 0.717) is 16.7 Å². The van der Waals surface area contributed by atoms with Crippen molar-refractivity contribution in [2.24, 2.45) is 0 Å². The summed E-state index contributed by atoms with van der Waals surface area (Å²) >= 11 is 2.02. The van der Waals surface area contributed by atoms with Crippen LogP contribution in [-0.2, 0) is 10.9 Å². The molecule has 98 valence electrons. The Morgan fingerprint density at radius 3 is 2.63 bits per heavy atom. The molecule has 1 aliphatic rings. The van der Waals surface area contributed by atoms with Crippen molar-refractivity contribution in [3.63, 3.8) is 0 Å². The highest BCUT2D eigenvalue weighted by Gasteiger charge is 2.26. The average Bonchev–Trinajstić information content (AvgIpc) is 2.47. The fraction of sp³-hybridized carbons (Fsp3) is 0.312. The first kappa shape index (κ1) is 13.1. The quantitative estimate of drug-likeness (QED) is 0.636. The van der Waals surface area contributed by atoms with Crippen LogP contribution in [0.2, 0.25) is 0 Å².